The van der Waals surface area contributed by atoms with Gasteiger partial charge in [0.05, 0.1) is 17.3 Å². The molecule has 2 aromatic heterocycles. The number of imidazole rings is 1. The third-order valence-corrected chi connectivity index (χ3v) is 2.94. The van der Waals surface area contributed by atoms with Crippen LogP contribution >= 0.6 is 11.6 Å². The third-order valence-electron chi connectivity index (χ3n) is 2.72. The number of fused-ring (bicyclic) bond motifs is 1. The molecular formula is C13H18ClN3O. The number of methoxy groups -OCH3 is 1. The Morgan fingerprint density at radius 2 is 2.17 bits per heavy atom. The fourth-order valence-corrected chi connectivity index (χ4v) is 2.01. The Morgan fingerprint density at radius 1 is 1.39 bits per heavy atom. The second-order valence-corrected chi connectivity index (χ2v) is 5.45. The minimum absolute atomic E-state index is 0.0673. The predicted molar refractivity (Wildman–Crippen MR) is 73.0 cm³/mol. The Bertz CT molecular complexity index is 536. The van der Waals surface area contributed by atoms with Gasteiger partial charge in [0, 0.05) is 31.6 Å². The lowest BCUT2D eigenvalue weighted by molar-refractivity contribution is 0.127. The summed E-state index contributed by atoms with van der Waals surface area (Å²) in [6, 6.07) is 3.75. The van der Waals surface area contributed by atoms with Gasteiger partial charge in [0.1, 0.15) is 5.65 Å². The lowest BCUT2D eigenvalue weighted by atomic mass is 10.1. The number of halogens is 1. The van der Waals surface area contributed by atoms with Gasteiger partial charge in [-0.15, -0.1) is 0 Å². The van der Waals surface area contributed by atoms with Crippen molar-refractivity contribution in [3.8, 4) is 0 Å². The zero-order valence-corrected chi connectivity index (χ0v) is 11.7. The van der Waals surface area contributed by atoms with Crippen molar-refractivity contribution in [2.24, 2.45) is 0 Å². The minimum atomic E-state index is -0.0673. The Balaban J connectivity index is 2.08. The van der Waals surface area contributed by atoms with E-state index in [2.05, 4.69) is 24.1 Å². The van der Waals surface area contributed by atoms with Crippen LogP contribution in [-0.2, 0) is 11.3 Å². The lowest BCUT2D eigenvalue weighted by Crippen LogP contribution is -2.42. The van der Waals surface area contributed by atoms with Crippen LogP contribution in [0.5, 0.6) is 0 Å². The van der Waals surface area contributed by atoms with Crippen LogP contribution in [0.25, 0.3) is 5.65 Å². The second-order valence-electron chi connectivity index (χ2n) is 5.02. The zero-order chi connectivity index (χ0) is 13.2. The topological polar surface area (TPSA) is 38.6 Å². The summed E-state index contributed by atoms with van der Waals surface area (Å²) >= 11 is 5.94. The van der Waals surface area contributed by atoms with Gasteiger partial charge in [-0.2, -0.15) is 0 Å². The lowest BCUT2D eigenvalue weighted by Gasteiger charge is -2.24. The highest BCUT2D eigenvalue weighted by molar-refractivity contribution is 6.30. The molecule has 0 radical (unpaired) electrons. The molecule has 98 valence electrons. The molecule has 0 aromatic carbocycles. The molecular weight excluding hydrogens is 250 g/mol. The first kappa shape index (κ1) is 13.3. The van der Waals surface area contributed by atoms with Crippen molar-refractivity contribution in [1.82, 2.24) is 14.7 Å². The van der Waals surface area contributed by atoms with Crippen LogP contribution in [0, 0.1) is 0 Å². The number of ether oxygens (including phenoxy) is 1. The molecule has 2 rings (SSSR count). The summed E-state index contributed by atoms with van der Waals surface area (Å²) in [7, 11) is 1.70. The molecule has 0 saturated carbocycles. The van der Waals surface area contributed by atoms with E-state index in [0.29, 0.717) is 18.2 Å². The number of aromatic nitrogens is 2. The highest BCUT2D eigenvalue weighted by Crippen LogP contribution is 2.12. The molecule has 4 nitrogen and oxygen atoms in total. The first-order valence-electron chi connectivity index (χ1n) is 5.87. The normalized spacial score (nSPS) is 12.2. The van der Waals surface area contributed by atoms with Crippen molar-refractivity contribution in [3.05, 3.63) is 35.2 Å². The summed E-state index contributed by atoms with van der Waals surface area (Å²) in [6.07, 6.45) is 3.84. The van der Waals surface area contributed by atoms with Crippen LogP contribution in [0.4, 0.5) is 0 Å². The molecule has 5 heteroatoms. The maximum atomic E-state index is 5.94. The summed E-state index contributed by atoms with van der Waals surface area (Å²) in [6.45, 7) is 5.56. The average Bonchev–Trinajstić information content (AvgIpc) is 2.68. The van der Waals surface area contributed by atoms with Crippen LogP contribution in [-0.4, -0.2) is 28.6 Å². The number of nitrogens with zero attached hydrogens (tertiary/aromatic N) is 2. The van der Waals surface area contributed by atoms with E-state index in [1.807, 2.05) is 28.9 Å². The van der Waals surface area contributed by atoms with E-state index in [9.17, 15) is 0 Å². The molecule has 0 aliphatic carbocycles. The Labute approximate surface area is 112 Å². The van der Waals surface area contributed by atoms with Gasteiger partial charge in [0.2, 0.25) is 0 Å². The van der Waals surface area contributed by atoms with Crippen molar-refractivity contribution < 1.29 is 4.74 Å². The molecule has 0 bridgehead atoms. The standard InChI is InChI=1S/C13H18ClN3O/c1-13(2,9-18-3)15-6-11-8-17-7-10(14)4-5-12(17)16-11/h4-5,7-8,15H,6,9H2,1-3H3. The smallest absolute Gasteiger partial charge is 0.137 e. The zero-order valence-electron chi connectivity index (χ0n) is 10.9. The van der Waals surface area contributed by atoms with E-state index >= 15 is 0 Å². The fraction of sp³-hybridized carbons (Fsp3) is 0.462. The van der Waals surface area contributed by atoms with Gasteiger partial charge >= 0.3 is 0 Å². The monoisotopic (exact) mass is 267 g/mol. The molecule has 2 aromatic rings. The van der Waals surface area contributed by atoms with Gasteiger partial charge in [-0.3, -0.25) is 0 Å². The van der Waals surface area contributed by atoms with Crippen LogP contribution in [0.2, 0.25) is 5.02 Å². The molecule has 0 amide bonds. The molecule has 0 spiro atoms. The van der Waals surface area contributed by atoms with Crippen molar-refractivity contribution in [1.29, 1.82) is 0 Å². The summed E-state index contributed by atoms with van der Waals surface area (Å²) in [5, 5.41) is 4.13. The average molecular weight is 268 g/mol. The van der Waals surface area contributed by atoms with Crippen molar-refractivity contribution in [2.75, 3.05) is 13.7 Å². The predicted octanol–water partition coefficient (Wildman–Crippen LogP) is 2.50. The van der Waals surface area contributed by atoms with Crippen LogP contribution in [0.3, 0.4) is 0 Å². The van der Waals surface area contributed by atoms with Gasteiger partial charge in [-0.05, 0) is 26.0 Å². The summed E-state index contributed by atoms with van der Waals surface area (Å²) < 4.78 is 7.10. The molecule has 1 N–H and O–H groups in total. The maximum absolute atomic E-state index is 5.94. The van der Waals surface area contributed by atoms with Gasteiger partial charge < -0.3 is 14.5 Å². The molecule has 0 atom stereocenters. The van der Waals surface area contributed by atoms with Gasteiger partial charge in [-0.1, -0.05) is 11.6 Å². The second kappa shape index (κ2) is 5.26. The molecule has 0 unspecified atom stereocenters. The number of pyridine rings is 1. The molecule has 0 aliphatic heterocycles. The Hall–Kier alpha value is -1.10. The number of rotatable bonds is 5. The van der Waals surface area contributed by atoms with E-state index in [-0.39, 0.29) is 5.54 Å². The number of nitrogens with one attached hydrogen (secondary N) is 1. The van der Waals surface area contributed by atoms with E-state index in [1.54, 1.807) is 7.11 Å². The Kier molecular flexibility index (Phi) is 3.90. The minimum Gasteiger partial charge on any atom is -0.383 e. The maximum Gasteiger partial charge on any atom is 0.137 e. The Morgan fingerprint density at radius 3 is 2.89 bits per heavy atom. The van der Waals surface area contributed by atoms with Gasteiger partial charge in [-0.25, -0.2) is 4.98 Å². The van der Waals surface area contributed by atoms with Gasteiger partial charge in [0.15, 0.2) is 0 Å². The first-order valence-corrected chi connectivity index (χ1v) is 6.25. The molecule has 0 aliphatic rings. The molecule has 0 fully saturated rings. The first-order chi connectivity index (χ1) is 8.50. The van der Waals surface area contributed by atoms with Crippen LogP contribution < -0.4 is 5.32 Å². The number of hydrogen-bond acceptors (Lipinski definition) is 3. The fourth-order valence-electron chi connectivity index (χ4n) is 1.84. The van der Waals surface area contributed by atoms with E-state index in [1.165, 1.54) is 0 Å². The SMILES string of the molecule is COCC(C)(C)NCc1cn2cc(Cl)ccc2n1. The van der Waals surface area contributed by atoms with Crippen molar-refractivity contribution in [2.45, 2.75) is 25.9 Å². The van der Waals surface area contributed by atoms with Crippen molar-refractivity contribution >= 4 is 17.2 Å². The highest BCUT2D eigenvalue weighted by Gasteiger charge is 2.16. The third kappa shape index (κ3) is 3.22. The van der Waals surface area contributed by atoms with Crippen LogP contribution in [0.1, 0.15) is 19.5 Å². The van der Waals surface area contributed by atoms with E-state index in [0.717, 1.165) is 11.3 Å². The van der Waals surface area contributed by atoms with E-state index < -0.39 is 0 Å². The van der Waals surface area contributed by atoms with Gasteiger partial charge in [0.25, 0.3) is 0 Å². The van der Waals surface area contributed by atoms with E-state index in [4.69, 9.17) is 16.3 Å². The largest absolute Gasteiger partial charge is 0.383 e. The molecule has 0 saturated heterocycles. The quantitative estimate of drug-likeness (QED) is 0.905. The molecule has 18 heavy (non-hydrogen) atoms. The molecule has 2 heterocycles. The summed E-state index contributed by atoms with van der Waals surface area (Å²) in [5.41, 5.74) is 1.82. The van der Waals surface area contributed by atoms with Crippen molar-refractivity contribution in [3.63, 3.8) is 0 Å². The number of hydrogen-bond donors (Lipinski definition) is 1. The summed E-state index contributed by atoms with van der Waals surface area (Å²) in [4.78, 5) is 4.52. The summed E-state index contributed by atoms with van der Waals surface area (Å²) in [5.74, 6) is 0. The van der Waals surface area contributed by atoms with Crippen LogP contribution in [0.15, 0.2) is 24.5 Å². The highest BCUT2D eigenvalue weighted by atomic mass is 35.5.